The zero-order valence-corrected chi connectivity index (χ0v) is 18.2. The number of hydrogen-bond acceptors (Lipinski definition) is 5. The molecule has 1 aromatic heterocycles. The van der Waals surface area contributed by atoms with Crippen LogP contribution in [0.2, 0.25) is 0 Å². The molecular weight excluding hydrogens is 406 g/mol. The summed E-state index contributed by atoms with van der Waals surface area (Å²) in [5.41, 5.74) is 5.79. The van der Waals surface area contributed by atoms with E-state index in [9.17, 15) is 14.4 Å². The molecule has 0 atom stereocenters. The molecule has 2 aromatic carbocycles. The number of para-hydroxylation sites is 1. The molecule has 0 radical (unpaired) electrons. The van der Waals surface area contributed by atoms with Crippen LogP contribution in [0.5, 0.6) is 0 Å². The largest absolute Gasteiger partial charge is 0.452 e. The lowest BCUT2D eigenvalue weighted by Crippen LogP contribution is -2.35. The summed E-state index contributed by atoms with van der Waals surface area (Å²) in [7, 11) is 0. The molecule has 0 spiro atoms. The predicted octanol–water partition coefficient (Wildman–Crippen LogP) is 3.25. The molecule has 0 aliphatic heterocycles. The molecule has 1 aliphatic rings. The number of ether oxygens (including phenoxy) is 1. The fraction of sp³-hybridized carbons (Fsp3) is 0.280. The minimum Gasteiger partial charge on any atom is -0.452 e. The molecule has 0 saturated carbocycles. The van der Waals surface area contributed by atoms with Crippen molar-refractivity contribution in [2.75, 3.05) is 18.5 Å². The van der Waals surface area contributed by atoms with Crippen LogP contribution >= 0.6 is 0 Å². The number of esters is 1. The van der Waals surface area contributed by atoms with Gasteiger partial charge in [0.1, 0.15) is 0 Å². The summed E-state index contributed by atoms with van der Waals surface area (Å²) in [4.78, 5) is 41.9. The standard InChI is InChI=1S/C25H25N3O4/c1-15-7-5-11-19(16(15)2)28-22(29)13-26-23(30)14-32-25(31)24-17-8-3-4-10-20(17)27-21-12-6-9-18(21)24/h3-5,7-8,10-11H,6,9,12-14H2,1-2H3,(H,26,30)(H,28,29). The number of aryl methyl sites for hydroxylation is 2. The van der Waals surface area contributed by atoms with E-state index in [4.69, 9.17) is 4.74 Å². The summed E-state index contributed by atoms with van der Waals surface area (Å²) < 4.78 is 5.30. The topological polar surface area (TPSA) is 97.4 Å². The van der Waals surface area contributed by atoms with E-state index in [2.05, 4.69) is 15.6 Å². The molecule has 7 heteroatoms. The first-order valence-corrected chi connectivity index (χ1v) is 10.6. The molecule has 2 N–H and O–H groups in total. The van der Waals surface area contributed by atoms with Crippen molar-refractivity contribution in [3.63, 3.8) is 0 Å². The Hall–Kier alpha value is -3.74. The molecule has 0 saturated heterocycles. The van der Waals surface area contributed by atoms with Crippen LogP contribution in [0.3, 0.4) is 0 Å². The van der Waals surface area contributed by atoms with Gasteiger partial charge in [-0.2, -0.15) is 0 Å². The fourth-order valence-corrected chi connectivity index (χ4v) is 3.96. The molecule has 7 nitrogen and oxygen atoms in total. The minimum absolute atomic E-state index is 0.211. The third kappa shape index (κ3) is 4.46. The van der Waals surface area contributed by atoms with E-state index in [1.807, 2.05) is 50.2 Å². The quantitative estimate of drug-likeness (QED) is 0.584. The second-order valence-corrected chi connectivity index (χ2v) is 7.93. The van der Waals surface area contributed by atoms with Crippen LogP contribution < -0.4 is 10.6 Å². The maximum atomic E-state index is 12.9. The van der Waals surface area contributed by atoms with Gasteiger partial charge in [0.2, 0.25) is 5.91 Å². The number of hydrogen-bond donors (Lipinski definition) is 2. The maximum Gasteiger partial charge on any atom is 0.339 e. The van der Waals surface area contributed by atoms with Crippen molar-refractivity contribution in [1.82, 2.24) is 10.3 Å². The number of anilines is 1. The van der Waals surface area contributed by atoms with Crippen molar-refractivity contribution in [2.24, 2.45) is 0 Å². The smallest absolute Gasteiger partial charge is 0.339 e. The highest BCUT2D eigenvalue weighted by Gasteiger charge is 2.25. The van der Waals surface area contributed by atoms with Gasteiger partial charge in [0.15, 0.2) is 6.61 Å². The van der Waals surface area contributed by atoms with Crippen LogP contribution in [0, 0.1) is 13.8 Å². The lowest BCUT2D eigenvalue weighted by atomic mass is 10.0. The summed E-state index contributed by atoms with van der Waals surface area (Å²) in [5.74, 6) is -1.43. The lowest BCUT2D eigenvalue weighted by Gasteiger charge is -2.13. The molecule has 0 fully saturated rings. The van der Waals surface area contributed by atoms with Gasteiger partial charge < -0.3 is 15.4 Å². The number of benzene rings is 2. The van der Waals surface area contributed by atoms with Crippen LogP contribution in [0.1, 0.15) is 39.2 Å². The Balaban J connectivity index is 1.35. The monoisotopic (exact) mass is 431 g/mol. The maximum absolute atomic E-state index is 12.9. The van der Waals surface area contributed by atoms with Gasteiger partial charge in [0.25, 0.3) is 5.91 Å². The zero-order valence-electron chi connectivity index (χ0n) is 18.2. The highest BCUT2D eigenvalue weighted by atomic mass is 16.5. The normalized spacial score (nSPS) is 12.3. The van der Waals surface area contributed by atoms with E-state index < -0.39 is 18.5 Å². The van der Waals surface area contributed by atoms with Crippen LogP contribution in [0.4, 0.5) is 5.69 Å². The molecule has 164 valence electrons. The third-order valence-corrected chi connectivity index (χ3v) is 5.78. The van der Waals surface area contributed by atoms with Crippen LogP contribution in [0.25, 0.3) is 10.9 Å². The Morgan fingerprint density at radius 2 is 1.81 bits per heavy atom. The average Bonchev–Trinajstić information content (AvgIpc) is 3.25. The van der Waals surface area contributed by atoms with Crippen molar-refractivity contribution < 1.29 is 19.1 Å². The number of rotatable bonds is 6. The summed E-state index contributed by atoms with van der Waals surface area (Å²) in [6.07, 6.45) is 2.54. The highest BCUT2D eigenvalue weighted by Crippen LogP contribution is 2.30. The van der Waals surface area contributed by atoms with E-state index in [-0.39, 0.29) is 12.5 Å². The Morgan fingerprint density at radius 3 is 2.66 bits per heavy atom. The molecule has 3 aromatic rings. The van der Waals surface area contributed by atoms with Gasteiger partial charge in [-0.1, -0.05) is 30.3 Å². The highest BCUT2D eigenvalue weighted by molar-refractivity contribution is 6.05. The Bertz CT molecular complexity index is 1220. The molecule has 0 bridgehead atoms. The van der Waals surface area contributed by atoms with E-state index in [0.717, 1.165) is 52.5 Å². The second kappa shape index (κ2) is 9.18. The summed E-state index contributed by atoms with van der Waals surface area (Å²) in [6, 6.07) is 13.1. The molecule has 4 rings (SSSR count). The van der Waals surface area contributed by atoms with Crippen LogP contribution in [-0.4, -0.2) is 35.9 Å². The molecular formula is C25H25N3O4. The number of carbonyl (C=O) groups excluding carboxylic acids is 3. The number of pyridine rings is 1. The first kappa shape index (κ1) is 21.5. The number of nitrogens with zero attached hydrogens (tertiary/aromatic N) is 1. The fourth-order valence-electron chi connectivity index (χ4n) is 3.96. The van der Waals surface area contributed by atoms with E-state index in [1.165, 1.54) is 0 Å². The number of nitrogens with one attached hydrogen (secondary N) is 2. The molecule has 0 unspecified atom stereocenters. The number of carbonyl (C=O) groups is 3. The Kier molecular flexibility index (Phi) is 6.16. The van der Waals surface area contributed by atoms with Gasteiger partial charge in [-0.05, 0) is 61.9 Å². The SMILES string of the molecule is Cc1cccc(NC(=O)CNC(=O)COC(=O)c2c3c(nc4ccccc24)CCC3)c1C. The zero-order chi connectivity index (χ0) is 22.7. The van der Waals surface area contributed by atoms with E-state index in [1.54, 1.807) is 6.07 Å². The van der Waals surface area contributed by atoms with Gasteiger partial charge in [-0.25, -0.2) is 4.79 Å². The molecule has 2 amide bonds. The Labute approximate surface area is 186 Å². The number of aromatic nitrogens is 1. The van der Waals surface area contributed by atoms with Crippen molar-refractivity contribution in [1.29, 1.82) is 0 Å². The summed E-state index contributed by atoms with van der Waals surface area (Å²) in [6.45, 7) is 3.21. The molecule has 32 heavy (non-hydrogen) atoms. The number of amides is 2. The first-order chi connectivity index (χ1) is 15.4. The van der Waals surface area contributed by atoms with Gasteiger partial charge >= 0.3 is 5.97 Å². The van der Waals surface area contributed by atoms with Crippen molar-refractivity contribution >= 4 is 34.4 Å². The predicted molar refractivity (Wildman–Crippen MR) is 122 cm³/mol. The van der Waals surface area contributed by atoms with Crippen LogP contribution in [-0.2, 0) is 27.2 Å². The van der Waals surface area contributed by atoms with E-state index >= 15 is 0 Å². The van der Waals surface area contributed by atoms with Crippen molar-refractivity contribution in [3.05, 3.63) is 70.4 Å². The third-order valence-electron chi connectivity index (χ3n) is 5.78. The van der Waals surface area contributed by atoms with Crippen LogP contribution in [0.15, 0.2) is 42.5 Å². The van der Waals surface area contributed by atoms with Gasteiger partial charge in [-0.15, -0.1) is 0 Å². The number of fused-ring (bicyclic) bond motifs is 2. The van der Waals surface area contributed by atoms with Gasteiger partial charge in [0.05, 0.1) is 17.6 Å². The minimum atomic E-state index is -0.545. The molecule has 1 aliphatic carbocycles. The first-order valence-electron chi connectivity index (χ1n) is 10.6. The Morgan fingerprint density at radius 1 is 1.00 bits per heavy atom. The van der Waals surface area contributed by atoms with Crippen molar-refractivity contribution in [3.8, 4) is 0 Å². The van der Waals surface area contributed by atoms with Gasteiger partial charge in [-0.3, -0.25) is 14.6 Å². The average molecular weight is 431 g/mol. The van der Waals surface area contributed by atoms with E-state index in [0.29, 0.717) is 11.3 Å². The van der Waals surface area contributed by atoms with Gasteiger partial charge in [0, 0.05) is 16.8 Å². The second-order valence-electron chi connectivity index (χ2n) is 7.93. The van der Waals surface area contributed by atoms with Crippen molar-refractivity contribution in [2.45, 2.75) is 33.1 Å². The molecule has 1 heterocycles. The summed E-state index contributed by atoms with van der Waals surface area (Å²) in [5, 5.41) is 6.00. The summed E-state index contributed by atoms with van der Waals surface area (Å²) >= 11 is 0. The lowest BCUT2D eigenvalue weighted by molar-refractivity contribution is -0.126.